The first kappa shape index (κ1) is 18.5. The van der Waals surface area contributed by atoms with Gasteiger partial charge < -0.3 is 11.1 Å². The highest BCUT2D eigenvalue weighted by Gasteiger charge is 2.32. The van der Waals surface area contributed by atoms with E-state index in [2.05, 4.69) is 5.32 Å². The van der Waals surface area contributed by atoms with Crippen LogP contribution in [0.25, 0.3) is 0 Å². The molecular weight excluding hydrogens is 420 g/mol. The summed E-state index contributed by atoms with van der Waals surface area (Å²) in [6, 6.07) is 3.17. The Bertz CT molecular complexity index is 521. The van der Waals surface area contributed by atoms with Crippen LogP contribution in [0.4, 0.5) is 13.2 Å². The summed E-state index contributed by atoms with van der Waals surface area (Å²) in [6.45, 7) is 0.288. The van der Waals surface area contributed by atoms with Gasteiger partial charge in [0.2, 0.25) is 0 Å². The van der Waals surface area contributed by atoms with Gasteiger partial charge >= 0.3 is 6.18 Å². The molecule has 21 heavy (non-hydrogen) atoms. The van der Waals surface area contributed by atoms with Crippen LogP contribution < -0.4 is 11.1 Å². The summed E-state index contributed by atoms with van der Waals surface area (Å²) in [7, 11) is 0. The lowest BCUT2D eigenvalue weighted by Crippen LogP contribution is -2.38. The molecule has 1 aliphatic carbocycles. The van der Waals surface area contributed by atoms with Crippen molar-refractivity contribution < 1.29 is 18.0 Å². The number of amides is 1. The van der Waals surface area contributed by atoms with Gasteiger partial charge in [-0.3, -0.25) is 4.79 Å². The lowest BCUT2D eigenvalue weighted by molar-refractivity contribution is -0.137. The van der Waals surface area contributed by atoms with Crippen LogP contribution in [0, 0.1) is 9.49 Å². The molecule has 0 aromatic heterocycles. The fraction of sp³-hybridized carbons (Fsp3) is 0.462. The van der Waals surface area contributed by atoms with Crippen LogP contribution in [0.5, 0.6) is 0 Å². The molecule has 0 spiro atoms. The topological polar surface area (TPSA) is 55.1 Å². The van der Waals surface area contributed by atoms with Gasteiger partial charge in [0.05, 0.1) is 5.56 Å². The van der Waals surface area contributed by atoms with Gasteiger partial charge in [0.1, 0.15) is 0 Å². The third-order valence-electron chi connectivity index (χ3n) is 3.21. The van der Waals surface area contributed by atoms with Crippen molar-refractivity contribution in [3.63, 3.8) is 0 Å². The monoisotopic (exact) mass is 434 g/mol. The molecule has 0 heterocycles. The standard InChI is InChI=1S/C13H14F3IN2O.ClH/c14-13(15,16)9-3-8(4-10(17)5-9)12(20)19-6-11(18)7-1-2-7;/h3-5,7,11H,1-2,6,18H2,(H,19,20);1H. The Labute approximate surface area is 140 Å². The molecule has 1 aromatic carbocycles. The van der Waals surface area contributed by atoms with E-state index in [1.165, 1.54) is 6.07 Å². The zero-order valence-corrected chi connectivity index (χ0v) is 13.9. The van der Waals surface area contributed by atoms with Crippen LogP contribution in [0.2, 0.25) is 0 Å². The number of halogens is 5. The first-order chi connectivity index (χ1) is 9.27. The van der Waals surface area contributed by atoms with Crippen molar-refractivity contribution in [1.82, 2.24) is 5.32 Å². The summed E-state index contributed by atoms with van der Waals surface area (Å²) in [5, 5.41) is 2.59. The van der Waals surface area contributed by atoms with Gasteiger partial charge in [-0.2, -0.15) is 13.2 Å². The number of hydrogen-bond acceptors (Lipinski definition) is 2. The molecule has 3 N–H and O–H groups in total. The molecule has 8 heteroatoms. The van der Waals surface area contributed by atoms with Gasteiger partial charge in [-0.1, -0.05) is 0 Å². The summed E-state index contributed by atoms with van der Waals surface area (Å²) >= 11 is 1.76. The SMILES string of the molecule is Cl.NC(CNC(=O)c1cc(I)cc(C(F)(F)F)c1)C1CC1. The number of nitrogens with one attached hydrogen (secondary N) is 1. The van der Waals surface area contributed by atoms with Crippen LogP contribution in [-0.4, -0.2) is 18.5 Å². The number of alkyl halides is 3. The average Bonchev–Trinajstić information content (AvgIpc) is 3.17. The molecule has 2 rings (SSSR count). The summed E-state index contributed by atoms with van der Waals surface area (Å²) in [5.74, 6) is -0.0953. The Morgan fingerprint density at radius 3 is 2.52 bits per heavy atom. The van der Waals surface area contributed by atoms with Crippen LogP contribution in [0.15, 0.2) is 18.2 Å². The maximum atomic E-state index is 12.7. The van der Waals surface area contributed by atoms with Gasteiger partial charge in [-0.15, -0.1) is 12.4 Å². The predicted octanol–water partition coefficient (Wildman–Crippen LogP) is 3.20. The Balaban J connectivity index is 0.00000220. The van der Waals surface area contributed by atoms with E-state index in [0.29, 0.717) is 9.49 Å². The van der Waals surface area contributed by atoms with Gasteiger partial charge in [0.15, 0.2) is 0 Å². The quantitative estimate of drug-likeness (QED) is 0.715. The zero-order chi connectivity index (χ0) is 14.9. The van der Waals surface area contributed by atoms with E-state index in [1.807, 2.05) is 0 Å². The van der Waals surface area contributed by atoms with E-state index in [-0.39, 0.29) is 30.6 Å². The average molecular weight is 435 g/mol. The number of benzene rings is 1. The highest BCUT2D eigenvalue weighted by Crippen LogP contribution is 2.32. The Morgan fingerprint density at radius 1 is 1.38 bits per heavy atom. The zero-order valence-electron chi connectivity index (χ0n) is 10.9. The molecule has 1 atom stereocenters. The molecule has 118 valence electrons. The van der Waals surface area contributed by atoms with Gasteiger partial charge in [-0.05, 0) is 59.5 Å². The molecule has 0 bridgehead atoms. The summed E-state index contributed by atoms with van der Waals surface area (Å²) in [4.78, 5) is 11.9. The summed E-state index contributed by atoms with van der Waals surface area (Å²) < 4.78 is 38.4. The molecule has 1 unspecified atom stereocenters. The van der Waals surface area contributed by atoms with Gasteiger partial charge in [-0.25, -0.2) is 0 Å². The molecule has 3 nitrogen and oxygen atoms in total. The Hall–Kier alpha value is -0.540. The number of carbonyl (C=O) groups is 1. The molecule has 0 saturated heterocycles. The van der Waals surface area contributed by atoms with E-state index < -0.39 is 17.6 Å². The fourth-order valence-corrected chi connectivity index (χ4v) is 2.56. The number of hydrogen-bond donors (Lipinski definition) is 2. The Morgan fingerprint density at radius 2 is 2.00 bits per heavy atom. The maximum absolute atomic E-state index is 12.7. The highest BCUT2D eigenvalue weighted by atomic mass is 127. The maximum Gasteiger partial charge on any atom is 0.416 e. The number of nitrogens with two attached hydrogens (primary N) is 1. The van der Waals surface area contributed by atoms with Crippen molar-refractivity contribution in [2.75, 3.05) is 6.54 Å². The smallest absolute Gasteiger partial charge is 0.350 e. The third-order valence-corrected chi connectivity index (χ3v) is 3.84. The van der Waals surface area contributed by atoms with Crippen molar-refractivity contribution in [1.29, 1.82) is 0 Å². The molecular formula is C13H15ClF3IN2O. The van der Waals surface area contributed by atoms with E-state index >= 15 is 0 Å². The number of rotatable bonds is 4. The second-order valence-electron chi connectivity index (χ2n) is 4.94. The minimum Gasteiger partial charge on any atom is -0.350 e. The largest absolute Gasteiger partial charge is 0.416 e. The van der Waals surface area contributed by atoms with Crippen molar-refractivity contribution in [2.45, 2.75) is 25.1 Å². The van der Waals surface area contributed by atoms with Crippen molar-refractivity contribution in [2.24, 2.45) is 11.7 Å². The molecule has 0 aliphatic heterocycles. The van der Waals surface area contributed by atoms with E-state index in [0.717, 1.165) is 25.0 Å². The van der Waals surface area contributed by atoms with Crippen LogP contribution in [0.3, 0.4) is 0 Å². The van der Waals surface area contributed by atoms with Crippen LogP contribution in [-0.2, 0) is 6.18 Å². The first-order valence-electron chi connectivity index (χ1n) is 6.19. The first-order valence-corrected chi connectivity index (χ1v) is 7.27. The van der Waals surface area contributed by atoms with Gasteiger partial charge in [0, 0.05) is 21.7 Å². The lowest BCUT2D eigenvalue weighted by Gasteiger charge is -2.13. The molecule has 1 aromatic rings. The molecule has 0 radical (unpaired) electrons. The molecule has 1 saturated carbocycles. The van der Waals surface area contributed by atoms with E-state index in [9.17, 15) is 18.0 Å². The highest BCUT2D eigenvalue weighted by molar-refractivity contribution is 14.1. The second kappa shape index (κ2) is 7.15. The predicted molar refractivity (Wildman–Crippen MR) is 84.4 cm³/mol. The normalized spacial score (nSPS) is 16.0. The third kappa shape index (κ3) is 5.30. The fourth-order valence-electron chi connectivity index (χ4n) is 1.89. The van der Waals surface area contributed by atoms with Gasteiger partial charge in [0.25, 0.3) is 5.91 Å². The molecule has 1 aliphatic rings. The minimum absolute atomic E-state index is 0. The van der Waals surface area contributed by atoms with E-state index in [4.69, 9.17) is 5.73 Å². The summed E-state index contributed by atoms with van der Waals surface area (Å²) in [6.07, 6.45) is -2.35. The van der Waals surface area contributed by atoms with E-state index in [1.54, 1.807) is 22.6 Å². The van der Waals surface area contributed by atoms with Crippen molar-refractivity contribution >= 4 is 40.9 Å². The van der Waals surface area contributed by atoms with Crippen molar-refractivity contribution in [3.05, 3.63) is 32.9 Å². The number of carbonyl (C=O) groups excluding carboxylic acids is 1. The van der Waals surface area contributed by atoms with Crippen LogP contribution >= 0.6 is 35.0 Å². The molecule has 1 amide bonds. The summed E-state index contributed by atoms with van der Waals surface area (Å²) in [5.41, 5.74) is 5.03. The van der Waals surface area contributed by atoms with Crippen molar-refractivity contribution in [3.8, 4) is 0 Å². The minimum atomic E-state index is -4.46. The Kier molecular flexibility index (Phi) is 6.30. The lowest BCUT2D eigenvalue weighted by atomic mass is 10.1. The second-order valence-corrected chi connectivity index (χ2v) is 6.18. The van der Waals surface area contributed by atoms with Crippen LogP contribution in [0.1, 0.15) is 28.8 Å². The molecule has 1 fully saturated rings.